The quantitative estimate of drug-likeness (QED) is 0.437. The third kappa shape index (κ3) is 5.02. The lowest BCUT2D eigenvalue weighted by Crippen LogP contribution is -2.46. The molecule has 3 aromatic rings. The van der Waals surface area contributed by atoms with E-state index in [1.54, 1.807) is 11.3 Å². The number of thiophene rings is 1. The molecular weight excluding hydrogens is 426 g/mol. The Morgan fingerprint density at radius 2 is 1.81 bits per heavy atom. The summed E-state index contributed by atoms with van der Waals surface area (Å²) in [5.74, 6) is 1.04. The summed E-state index contributed by atoms with van der Waals surface area (Å²) < 4.78 is 0. The number of fused-ring (bicyclic) bond motifs is 1. The molecule has 31 heavy (non-hydrogen) atoms. The summed E-state index contributed by atoms with van der Waals surface area (Å²) in [5, 5.41) is 4.99. The monoisotopic (exact) mass is 455 g/mol. The maximum atomic E-state index is 12.6. The van der Waals surface area contributed by atoms with Gasteiger partial charge in [0.15, 0.2) is 0 Å². The van der Waals surface area contributed by atoms with E-state index < -0.39 is 0 Å². The first-order valence-electron chi connectivity index (χ1n) is 10.7. The average molecular weight is 456 g/mol. The molecule has 0 unspecified atom stereocenters. The van der Waals surface area contributed by atoms with E-state index in [4.69, 9.17) is 0 Å². The Hall–Kier alpha value is -2.16. The van der Waals surface area contributed by atoms with Crippen LogP contribution >= 0.6 is 23.1 Å². The fraction of sp³-hybridized carbons (Fsp3) is 0.435. The summed E-state index contributed by atoms with van der Waals surface area (Å²) in [6.07, 6.45) is 0. The van der Waals surface area contributed by atoms with E-state index in [2.05, 4.69) is 58.0 Å². The van der Waals surface area contributed by atoms with Gasteiger partial charge in [-0.1, -0.05) is 18.7 Å². The Labute approximate surface area is 192 Å². The Morgan fingerprint density at radius 3 is 2.48 bits per heavy atom. The standard InChI is InChI=1S/C23H29N5OS2/c1-5-27-10-12-28(13-11-27)19-8-6-18(7-9-19)26-20(29)14-30-22-21-15(2)16(3)31-23(21)25-17(4)24-22/h6-9H,5,10-14H2,1-4H3,(H,26,29). The van der Waals surface area contributed by atoms with Crippen LogP contribution in [0.3, 0.4) is 0 Å². The number of nitrogens with zero attached hydrogens (tertiary/aromatic N) is 4. The zero-order valence-corrected chi connectivity index (χ0v) is 20.2. The van der Waals surface area contributed by atoms with Gasteiger partial charge in [-0.05, 0) is 57.1 Å². The number of benzene rings is 1. The van der Waals surface area contributed by atoms with Crippen molar-refractivity contribution in [3.63, 3.8) is 0 Å². The van der Waals surface area contributed by atoms with Gasteiger partial charge in [-0.3, -0.25) is 4.79 Å². The van der Waals surface area contributed by atoms with E-state index in [0.29, 0.717) is 5.75 Å². The first-order valence-corrected chi connectivity index (χ1v) is 12.5. The number of piperazine rings is 1. The molecule has 1 aromatic carbocycles. The van der Waals surface area contributed by atoms with Crippen molar-refractivity contribution in [2.75, 3.05) is 48.7 Å². The maximum absolute atomic E-state index is 12.6. The Bertz CT molecular complexity index is 1070. The average Bonchev–Trinajstić information content (AvgIpc) is 3.06. The number of thioether (sulfide) groups is 1. The molecule has 1 aliphatic rings. The van der Waals surface area contributed by atoms with Crippen LogP contribution in [0.15, 0.2) is 29.3 Å². The van der Waals surface area contributed by atoms with Crippen LogP contribution in [0.2, 0.25) is 0 Å². The number of aryl methyl sites for hydroxylation is 3. The second-order valence-electron chi connectivity index (χ2n) is 7.84. The Kier molecular flexibility index (Phi) is 6.79. The molecule has 1 fully saturated rings. The number of amides is 1. The van der Waals surface area contributed by atoms with Crippen molar-refractivity contribution < 1.29 is 4.79 Å². The molecule has 1 amide bonds. The van der Waals surface area contributed by atoms with Gasteiger partial charge in [-0.2, -0.15) is 0 Å². The van der Waals surface area contributed by atoms with Gasteiger partial charge in [0.2, 0.25) is 5.91 Å². The van der Waals surface area contributed by atoms with Gasteiger partial charge in [0, 0.05) is 47.8 Å². The predicted molar refractivity (Wildman–Crippen MR) is 132 cm³/mol. The number of aromatic nitrogens is 2. The molecular formula is C23H29N5OS2. The smallest absolute Gasteiger partial charge is 0.234 e. The number of likely N-dealkylation sites (N-methyl/N-ethyl adjacent to an activating group) is 1. The van der Waals surface area contributed by atoms with E-state index in [0.717, 1.165) is 59.5 Å². The van der Waals surface area contributed by atoms with Gasteiger partial charge in [0.1, 0.15) is 15.7 Å². The van der Waals surface area contributed by atoms with Crippen LogP contribution in [0.4, 0.5) is 11.4 Å². The molecule has 0 radical (unpaired) electrons. The van der Waals surface area contributed by atoms with Crippen LogP contribution < -0.4 is 10.2 Å². The van der Waals surface area contributed by atoms with E-state index in [9.17, 15) is 4.79 Å². The normalized spacial score (nSPS) is 14.9. The van der Waals surface area contributed by atoms with E-state index in [1.165, 1.54) is 27.9 Å². The number of nitrogens with one attached hydrogen (secondary N) is 1. The lowest BCUT2D eigenvalue weighted by molar-refractivity contribution is -0.113. The molecule has 0 atom stereocenters. The number of hydrogen-bond acceptors (Lipinski definition) is 7. The van der Waals surface area contributed by atoms with Crippen molar-refractivity contribution in [2.45, 2.75) is 32.7 Å². The molecule has 3 heterocycles. The summed E-state index contributed by atoms with van der Waals surface area (Å²) in [6, 6.07) is 8.17. The molecule has 0 spiro atoms. The lowest BCUT2D eigenvalue weighted by atomic mass is 10.2. The highest BCUT2D eigenvalue weighted by Gasteiger charge is 2.17. The highest BCUT2D eigenvalue weighted by atomic mass is 32.2. The van der Waals surface area contributed by atoms with Crippen LogP contribution in [0.25, 0.3) is 10.2 Å². The van der Waals surface area contributed by atoms with Crippen molar-refractivity contribution in [2.24, 2.45) is 0 Å². The molecule has 1 saturated heterocycles. The molecule has 6 nitrogen and oxygen atoms in total. The van der Waals surface area contributed by atoms with Gasteiger partial charge in [0.05, 0.1) is 5.75 Å². The second-order valence-corrected chi connectivity index (χ2v) is 10.0. The zero-order valence-electron chi connectivity index (χ0n) is 18.6. The van der Waals surface area contributed by atoms with Crippen molar-refractivity contribution in [3.8, 4) is 0 Å². The minimum absolute atomic E-state index is 0.0247. The van der Waals surface area contributed by atoms with Crippen LogP contribution in [0, 0.1) is 20.8 Å². The first kappa shape index (κ1) is 22.0. The molecule has 0 bridgehead atoms. The van der Waals surface area contributed by atoms with Gasteiger partial charge >= 0.3 is 0 Å². The maximum Gasteiger partial charge on any atom is 0.234 e. The largest absolute Gasteiger partial charge is 0.369 e. The molecule has 0 aliphatic carbocycles. The van der Waals surface area contributed by atoms with Gasteiger partial charge < -0.3 is 15.1 Å². The zero-order chi connectivity index (χ0) is 22.0. The summed E-state index contributed by atoms with van der Waals surface area (Å²) in [7, 11) is 0. The molecule has 1 aliphatic heterocycles. The fourth-order valence-electron chi connectivity index (χ4n) is 3.83. The highest BCUT2D eigenvalue weighted by Crippen LogP contribution is 2.35. The molecule has 2 aromatic heterocycles. The molecule has 4 rings (SSSR count). The van der Waals surface area contributed by atoms with E-state index in [1.807, 2.05) is 19.1 Å². The van der Waals surface area contributed by atoms with Gasteiger partial charge in [-0.15, -0.1) is 11.3 Å². The third-order valence-electron chi connectivity index (χ3n) is 5.78. The van der Waals surface area contributed by atoms with Crippen LogP contribution in [-0.4, -0.2) is 59.3 Å². The topological polar surface area (TPSA) is 61.4 Å². The van der Waals surface area contributed by atoms with Gasteiger partial charge in [-0.25, -0.2) is 9.97 Å². The Balaban J connectivity index is 1.36. The van der Waals surface area contributed by atoms with Crippen LogP contribution in [0.5, 0.6) is 0 Å². The van der Waals surface area contributed by atoms with Crippen LogP contribution in [-0.2, 0) is 4.79 Å². The lowest BCUT2D eigenvalue weighted by Gasteiger charge is -2.35. The van der Waals surface area contributed by atoms with Crippen molar-refractivity contribution in [3.05, 3.63) is 40.5 Å². The third-order valence-corrected chi connectivity index (χ3v) is 7.86. The van der Waals surface area contributed by atoms with Crippen LogP contribution in [0.1, 0.15) is 23.2 Å². The summed E-state index contributed by atoms with van der Waals surface area (Å²) in [5.41, 5.74) is 3.25. The highest BCUT2D eigenvalue weighted by molar-refractivity contribution is 8.00. The minimum Gasteiger partial charge on any atom is -0.369 e. The first-order chi connectivity index (χ1) is 14.9. The molecule has 0 saturated carbocycles. The molecule has 164 valence electrons. The van der Waals surface area contributed by atoms with Crippen molar-refractivity contribution >= 4 is 50.6 Å². The van der Waals surface area contributed by atoms with E-state index in [-0.39, 0.29) is 5.91 Å². The predicted octanol–water partition coefficient (Wildman–Crippen LogP) is 4.49. The van der Waals surface area contributed by atoms with Gasteiger partial charge in [0.25, 0.3) is 0 Å². The SMILES string of the molecule is CCN1CCN(c2ccc(NC(=O)CSc3nc(C)nc4sc(C)c(C)c34)cc2)CC1. The molecule has 8 heteroatoms. The summed E-state index contributed by atoms with van der Waals surface area (Å²) >= 11 is 3.16. The number of anilines is 2. The number of carbonyl (C=O) groups excluding carboxylic acids is 1. The number of hydrogen-bond donors (Lipinski definition) is 1. The fourth-order valence-corrected chi connectivity index (χ4v) is 5.90. The summed E-state index contributed by atoms with van der Waals surface area (Å²) in [4.78, 5) is 28.8. The van der Waals surface area contributed by atoms with E-state index >= 15 is 0 Å². The molecule has 1 N–H and O–H groups in total. The summed E-state index contributed by atoms with van der Waals surface area (Å²) in [6.45, 7) is 13.7. The number of rotatable bonds is 6. The van der Waals surface area contributed by atoms with Crippen molar-refractivity contribution in [1.29, 1.82) is 0 Å². The second kappa shape index (κ2) is 9.54. The number of carbonyl (C=O) groups is 1. The Morgan fingerprint density at radius 1 is 1.10 bits per heavy atom. The minimum atomic E-state index is -0.0247. The van der Waals surface area contributed by atoms with Crippen molar-refractivity contribution in [1.82, 2.24) is 14.9 Å².